The van der Waals surface area contributed by atoms with Crippen LogP contribution in [-0.4, -0.2) is 12.1 Å². The summed E-state index contributed by atoms with van der Waals surface area (Å²) >= 11 is 6.41. The molecule has 1 aromatic heterocycles. The van der Waals surface area contributed by atoms with Crippen LogP contribution in [-0.2, 0) is 0 Å². The summed E-state index contributed by atoms with van der Waals surface area (Å²) in [5.74, 6) is 0.692. The molecular weight excluding hydrogens is 282 g/mol. The maximum Gasteiger partial charge on any atom is 0.138 e. The number of pyridine rings is 1. The number of rotatable bonds is 1. The Kier molecular flexibility index (Phi) is 2.72. The summed E-state index contributed by atoms with van der Waals surface area (Å²) in [7, 11) is 1.63. The lowest BCUT2D eigenvalue weighted by Crippen LogP contribution is -1.87. The van der Waals surface area contributed by atoms with Gasteiger partial charge in [-0.05, 0) is 29.0 Å². The molecule has 0 saturated heterocycles. The second-order valence-corrected chi connectivity index (χ2v) is 5.36. The van der Waals surface area contributed by atoms with E-state index in [9.17, 15) is 0 Å². The van der Waals surface area contributed by atoms with E-state index in [2.05, 4.69) is 23.2 Å². The number of halogens is 1. The fourth-order valence-corrected chi connectivity index (χ4v) is 3.16. The van der Waals surface area contributed by atoms with E-state index in [-0.39, 0.29) is 0 Å². The van der Waals surface area contributed by atoms with E-state index in [1.54, 1.807) is 7.11 Å². The zero-order valence-corrected chi connectivity index (χ0v) is 12.2. The maximum atomic E-state index is 6.41. The van der Waals surface area contributed by atoms with Crippen molar-refractivity contribution in [2.75, 3.05) is 7.11 Å². The first-order valence-corrected chi connectivity index (χ1v) is 7.10. The molecule has 0 spiro atoms. The second-order valence-electron chi connectivity index (χ2n) is 4.98. The molecule has 4 rings (SSSR count). The lowest BCUT2D eigenvalue weighted by atomic mass is 10.0. The fraction of sp³-hybridized carbons (Fsp3) is 0.0556. The number of nitrogens with zero attached hydrogens (tertiary/aromatic N) is 1. The first kappa shape index (κ1) is 12.4. The van der Waals surface area contributed by atoms with Gasteiger partial charge >= 0.3 is 0 Å². The van der Waals surface area contributed by atoms with Gasteiger partial charge in [-0.1, -0.05) is 41.9 Å². The van der Waals surface area contributed by atoms with Crippen molar-refractivity contribution >= 4 is 44.0 Å². The van der Waals surface area contributed by atoms with Gasteiger partial charge in [-0.15, -0.1) is 0 Å². The number of methoxy groups -OCH3 is 1. The Hall–Kier alpha value is -2.32. The van der Waals surface area contributed by atoms with Crippen LogP contribution >= 0.6 is 11.6 Å². The van der Waals surface area contributed by atoms with Crippen LogP contribution in [0.25, 0.3) is 32.4 Å². The summed E-state index contributed by atoms with van der Waals surface area (Å²) in [5.41, 5.74) is 1.00. The number of benzene rings is 3. The molecule has 1 heterocycles. The topological polar surface area (TPSA) is 22.1 Å². The van der Waals surface area contributed by atoms with Gasteiger partial charge in [-0.2, -0.15) is 0 Å². The van der Waals surface area contributed by atoms with Crippen molar-refractivity contribution in [3.8, 4) is 5.75 Å². The largest absolute Gasteiger partial charge is 0.495 e. The quantitative estimate of drug-likeness (QED) is 0.450. The van der Waals surface area contributed by atoms with Crippen LogP contribution in [0.4, 0.5) is 0 Å². The van der Waals surface area contributed by atoms with Crippen LogP contribution < -0.4 is 4.74 Å². The molecule has 0 bridgehead atoms. The Balaban J connectivity index is 2.20. The molecule has 4 aromatic rings. The molecule has 21 heavy (non-hydrogen) atoms. The number of hydrogen-bond donors (Lipinski definition) is 0. The van der Waals surface area contributed by atoms with E-state index < -0.39 is 0 Å². The molecule has 0 radical (unpaired) electrons. The molecule has 0 fully saturated rings. The van der Waals surface area contributed by atoms with E-state index in [1.165, 1.54) is 5.39 Å². The van der Waals surface area contributed by atoms with Gasteiger partial charge < -0.3 is 4.74 Å². The van der Waals surface area contributed by atoms with Crippen LogP contribution in [0.15, 0.2) is 54.7 Å². The van der Waals surface area contributed by atoms with E-state index in [0.29, 0.717) is 10.8 Å². The van der Waals surface area contributed by atoms with Gasteiger partial charge in [-0.25, -0.2) is 0 Å². The second kappa shape index (κ2) is 4.61. The third-order valence-corrected chi connectivity index (χ3v) is 4.28. The zero-order valence-electron chi connectivity index (χ0n) is 11.4. The van der Waals surface area contributed by atoms with Crippen molar-refractivity contribution in [1.29, 1.82) is 0 Å². The monoisotopic (exact) mass is 293 g/mol. The molecule has 0 saturated carbocycles. The number of hydrogen-bond acceptors (Lipinski definition) is 2. The zero-order chi connectivity index (χ0) is 14.4. The van der Waals surface area contributed by atoms with Crippen LogP contribution in [0.3, 0.4) is 0 Å². The first-order valence-electron chi connectivity index (χ1n) is 6.72. The fourth-order valence-electron chi connectivity index (χ4n) is 2.85. The van der Waals surface area contributed by atoms with Gasteiger partial charge in [-0.3, -0.25) is 4.98 Å². The summed E-state index contributed by atoms with van der Waals surface area (Å²) in [6.07, 6.45) is 1.92. The smallest absolute Gasteiger partial charge is 0.138 e. The Morgan fingerprint density at radius 1 is 0.810 bits per heavy atom. The predicted octanol–water partition coefficient (Wildman–Crippen LogP) is 5.20. The van der Waals surface area contributed by atoms with Crippen molar-refractivity contribution in [2.24, 2.45) is 0 Å². The van der Waals surface area contributed by atoms with Gasteiger partial charge in [0, 0.05) is 22.4 Å². The van der Waals surface area contributed by atoms with Gasteiger partial charge in [0.15, 0.2) is 0 Å². The normalized spacial score (nSPS) is 11.3. The van der Waals surface area contributed by atoms with E-state index in [0.717, 1.165) is 27.1 Å². The van der Waals surface area contributed by atoms with Gasteiger partial charge in [0.25, 0.3) is 0 Å². The van der Waals surface area contributed by atoms with Crippen molar-refractivity contribution in [3.05, 3.63) is 59.8 Å². The molecule has 0 atom stereocenters. The standard InChI is InChI=1S/C18H12ClNO/c1-21-17-9-8-12-14(18(17)19)7-6-11-13-4-2-3-5-16(13)20-10-15(11)12/h2-10H,1H3. The number of aromatic nitrogens is 1. The highest BCUT2D eigenvalue weighted by atomic mass is 35.5. The third kappa shape index (κ3) is 1.76. The molecule has 0 unspecified atom stereocenters. The molecule has 0 N–H and O–H groups in total. The SMILES string of the molecule is COc1ccc2c(ccc3c4ccccc4ncc23)c1Cl. The van der Waals surface area contributed by atoms with Crippen LogP contribution in [0.2, 0.25) is 5.02 Å². The van der Waals surface area contributed by atoms with Crippen LogP contribution in [0.1, 0.15) is 0 Å². The number of fused-ring (bicyclic) bond motifs is 5. The first-order chi connectivity index (χ1) is 10.3. The molecule has 2 nitrogen and oxygen atoms in total. The Bertz CT molecular complexity index is 994. The minimum atomic E-state index is 0.644. The van der Waals surface area contributed by atoms with E-state index in [4.69, 9.17) is 16.3 Å². The van der Waals surface area contributed by atoms with Gasteiger partial charge in [0.2, 0.25) is 0 Å². The van der Waals surface area contributed by atoms with Crippen molar-refractivity contribution in [1.82, 2.24) is 4.98 Å². The molecule has 3 heteroatoms. The minimum absolute atomic E-state index is 0.644. The van der Waals surface area contributed by atoms with Crippen molar-refractivity contribution < 1.29 is 4.74 Å². The predicted molar refractivity (Wildman–Crippen MR) is 88.3 cm³/mol. The summed E-state index contributed by atoms with van der Waals surface area (Å²) in [6, 6.07) is 16.3. The molecule has 0 aliphatic heterocycles. The summed E-state index contributed by atoms with van der Waals surface area (Å²) in [4.78, 5) is 4.56. The Morgan fingerprint density at radius 2 is 1.52 bits per heavy atom. The van der Waals surface area contributed by atoms with Gasteiger partial charge in [0.05, 0.1) is 17.6 Å². The molecule has 102 valence electrons. The van der Waals surface area contributed by atoms with Crippen molar-refractivity contribution in [2.45, 2.75) is 0 Å². The number of ether oxygens (including phenoxy) is 1. The Morgan fingerprint density at radius 3 is 2.38 bits per heavy atom. The third-order valence-electron chi connectivity index (χ3n) is 3.89. The van der Waals surface area contributed by atoms with Crippen molar-refractivity contribution in [3.63, 3.8) is 0 Å². The number of para-hydroxylation sites is 1. The molecule has 3 aromatic carbocycles. The lowest BCUT2D eigenvalue weighted by molar-refractivity contribution is 0.415. The maximum absolute atomic E-state index is 6.41. The van der Waals surface area contributed by atoms with Gasteiger partial charge in [0.1, 0.15) is 5.75 Å². The highest BCUT2D eigenvalue weighted by Crippen LogP contribution is 2.37. The van der Waals surface area contributed by atoms with E-state index in [1.807, 2.05) is 36.5 Å². The molecular formula is C18H12ClNO. The molecule has 0 aliphatic rings. The summed E-state index contributed by atoms with van der Waals surface area (Å²) in [6.45, 7) is 0. The van der Waals surface area contributed by atoms with E-state index >= 15 is 0 Å². The average molecular weight is 294 g/mol. The lowest BCUT2D eigenvalue weighted by Gasteiger charge is -2.10. The summed E-state index contributed by atoms with van der Waals surface area (Å²) in [5, 5.41) is 6.18. The van der Waals surface area contributed by atoms with Crippen LogP contribution in [0, 0.1) is 0 Å². The summed E-state index contributed by atoms with van der Waals surface area (Å²) < 4.78 is 5.29. The highest BCUT2D eigenvalue weighted by Gasteiger charge is 2.10. The van der Waals surface area contributed by atoms with Crippen LogP contribution in [0.5, 0.6) is 5.75 Å². The molecule has 0 aliphatic carbocycles. The minimum Gasteiger partial charge on any atom is -0.495 e. The Labute approximate surface area is 126 Å². The highest BCUT2D eigenvalue weighted by molar-refractivity contribution is 6.38. The average Bonchev–Trinajstić information content (AvgIpc) is 2.54. The molecule has 0 amide bonds.